The standard InChI is InChI=1S/C20H19N3O4/c1-11-10-17(23(26)27)20-18(12(11)2)15-4-3-5-16(15)19(21-20)13-6-8-14(9-7-13)22(24)25/h3-4,6-10,15-16,19,21H,5H2,1-2H3. The van der Waals surface area contributed by atoms with Crippen LogP contribution in [0.5, 0.6) is 0 Å². The van der Waals surface area contributed by atoms with Crippen LogP contribution in [0.25, 0.3) is 0 Å². The molecule has 0 fully saturated rings. The summed E-state index contributed by atoms with van der Waals surface area (Å²) in [5.74, 6) is 0.319. The van der Waals surface area contributed by atoms with Gasteiger partial charge < -0.3 is 5.32 Å². The lowest BCUT2D eigenvalue weighted by Gasteiger charge is -2.38. The van der Waals surface area contributed by atoms with E-state index >= 15 is 0 Å². The average Bonchev–Trinajstić information content (AvgIpc) is 3.13. The minimum atomic E-state index is -0.426. The summed E-state index contributed by atoms with van der Waals surface area (Å²) >= 11 is 0. The molecule has 0 spiro atoms. The lowest BCUT2D eigenvalue weighted by molar-refractivity contribution is -0.384. The number of hydrogen-bond acceptors (Lipinski definition) is 5. The number of nitro benzene ring substituents is 2. The average molecular weight is 365 g/mol. The molecule has 7 heteroatoms. The summed E-state index contributed by atoms with van der Waals surface area (Å²) in [4.78, 5) is 21.8. The molecule has 3 unspecified atom stereocenters. The van der Waals surface area contributed by atoms with E-state index in [4.69, 9.17) is 0 Å². The molecule has 0 amide bonds. The molecule has 138 valence electrons. The Balaban J connectivity index is 1.85. The third kappa shape index (κ3) is 2.66. The van der Waals surface area contributed by atoms with Crippen LogP contribution in [-0.2, 0) is 0 Å². The molecule has 1 N–H and O–H groups in total. The fourth-order valence-corrected chi connectivity index (χ4v) is 4.36. The molecule has 4 rings (SSSR count). The van der Waals surface area contributed by atoms with Crippen LogP contribution in [0.15, 0.2) is 42.5 Å². The van der Waals surface area contributed by atoms with Crippen LogP contribution in [0.2, 0.25) is 0 Å². The Labute approximate surface area is 156 Å². The van der Waals surface area contributed by atoms with Gasteiger partial charge in [-0.15, -0.1) is 0 Å². The van der Waals surface area contributed by atoms with Crippen molar-refractivity contribution in [1.82, 2.24) is 0 Å². The number of nitrogens with one attached hydrogen (secondary N) is 1. The number of rotatable bonds is 3. The number of hydrogen-bond donors (Lipinski definition) is 1. The van der Waals surface area contributed by atoms with Crippen LogP contribution in [0.4, 0.5) is 17.1 Å². The predicted molar refractivity (Wildman–Crippen MR) is 102 cm³/mol. The third-order valence-corrected chi connectivity index (χ3v) is 5.81. The summed E-state index contributed by atoms with van der Waals surface area (Å²) in [6.45, 7) is 3.91. The van der Waals surface area contributed by atoms with Crippen LogP contribution in [0.1, 0.15) is 40.6 Å². The Hall–Kier alpha value is -3.22. The van der Waals surface area contributed by atoms with Gasteiger partial charge in [0.05, 0.1) is 15.9 Å². The second-order valence-corrected chi connectivity index (χ2v) is 7.21. The topological polar surface area (TPSA) is 98.3 Å². The summed E-state index contributed by atoms with van der Waals surface area (Å²) in [5.41, 5.74) is 4.57. The Bertz CT molecular complexity index is 982. The van der Waals surface area contributed by atoms with Crippen LogP contribution in [0, 0.1) is 40.0 Å². The largest absolute Gasteiger partial charge is 0.372 e. The molecule has 0 bridgehead atoms. The summed E-state index contributed by atoms with van der Waals surface area (Å²) in [7, 11) is 0. The molecule has 1 aliphatic heterocycles. The fourth-order valence-electron chi connectivity index (χ4n) is 4.36. The Morgan fingerprint density at radius 2 is 1.78 bits per heavy atom. The Morgan fingerprint density at radius 3 is 2.41 bits per heavy atom. The first kappa shape index (κ1) is 17.2. The van der Waals surface area contributed by atoms with Crippen molar-refractivity contribution >= 4 is 17.1 Å². The van der Waals surface area contributed by atoms with Crippen molar-refractivity contribution in [2.75, 3.05) is 5.32 Å². The number of fused-ring (bicyclic) bond motifs is 3. The first-order valence-corrected chi connectivity index (χ1v) is 8.84. The van der Waals surface area contributed by atoms with E-state index in [9.17, 15) is 20.2 Å². The normalized spacial score (nSPS) is 22.7. The second kappa shape index (κ2) is 6.19. The van der Waals surface area contributed by atoms with Gasteiger partial charge in [-0.25, -0.2) is 0 Å². The molecule has 3 atom stereocenters. The molecule has 0 saturated heterocycles. The molecule has 1 heterocycles. The number of benzene rings is 2. The third-order valence-electron chi connectivity index (χ3n) is 5.81. The summed E-state index contributed by atoms with van der Waals surface area (Å²) < 4.78 is 0. The Kier molecular flexibility index (Phi) is 3.95. The monoisotopic (exact) mass is 365 g/mol. The summed E-state index contributed by atoms with van der Waals surface area (Å²) in [5, 5.41) is 26.0. The first-order chi connectivity index (χ1) is 12.9. The second-order valence-electron chi connectivity index (χ2n) is 7.21. The molecular formula is C20H19N3O4. The molecule has 2 aliphatic rings. The number of nitro groups is 2. The molecule has 2 aromatic rings. The summed E-state index contributed by atoms with van der Waals surface area (Å²) in [6.07, 6.45) is 5.12. The number of non-ortho nitro benzene ring substituents is 1. The minimum Gasteiger partial charge on any atom is -0.372 e. The number of allylic oxidation sites excluding steroid dienone is 2. The van der Waals surface area contributed by atoms with Gasteiger partial charge in [-0.05, 0) is 48.4 Å². The van der Waals surface area contributed by atoms with Crippen molar-refractivity contribution in [3.63, 3.8) is 0 Å². The molecular weight excluding hydrogens is 346 g/mol. The van der Waals surface area contributed by atoms with Gasteiger partial charge in [-0.2, -0.15) is 0 Å². The van der Waals surface area contributed by atoms with Gasteiger partial charge in [-0.1, -0.05) is 24.3 Å². The highest BCUT2D eigenvalue weighted by atomic mass is 16.6. The molecule has 27 heavy (non-hydrogen) atoms. The number of aryl methyl sites for hydroxylation is 1. The van der Waals surface area contributed by atoms with E-state index in [0.29, 0.717) is 5.69 Å². The Morgan fingerprint density at radius 1 is 1.07 bits per heavy atom. The van der Waals surface area contributed by atoms with Gasteiger partial charge in [0, 0.05) is 24.1 Å². The van der Waals surface area contributed by atoms with E-state index in [2.05, 4.69) is 17.5 Å². The van der Waals surface area contributed by atoms with Gasteiger partial charge in [0.2, 0.25) is 0 Å². The van der Waals surface area contributed by atoms with Gasteiger partial charge in [0.25, 0.3) is 11.4 Å². The van der Waals surface area contributed by atoms with Crippen molar-refractivity contribution < 1.29 is 9.85 Å². The van der Waals surface area contributed by atoms with E-state index < -0.39 is 4.92 Å². The lowest BCUT2D eigenvalue weighted by Crippen LogP contribution is -2.30. The van der Waals surface area contributed by atoms with E-state index in [1.165, 1.54) is 12.1 Å². The lowest BCUT2D eigenvalue weighted by atomic mass is 9.74. The SMILES string of the molecule is Cc1cc([N+](=O)[O-])c2c(c1C)C1C=CCC1C(c1ccc([N+](=O)[O-])cc1)N2. The summed E-state index contributed by atoms with van der Waals surface area (Å²) in [6, 6.07) is 7.93. The van der Waals surface area contributed by atoms with Crippen molar-refractivity contribution in [2.45, 2.75) is 32.2 Å². The number of nitrogens with zero attached hydrogens (tertiary/aromatic N) is 2. The maximum atomic E-state index is 11.7. The van der Waals surface area contributed by atoms with E-state index in [1.54, 1.807) is 18.2 Å². The molecule has 7 nitrogen and oxygen atoms in total. The van der Waals surface area contributed by atoms with Crippen molar-refractivity contribution in [2.24, 2.45) is 5.92 Å². The van der Waals surface area contributed by atoms with E-state index in [0.717, 1.165) is 28.7 Å². The van der Waals surface area contributed by atoms with Crippen LogP contribution < -0.4 is 5.32 Å². The maximum Gasteiger partial charge on any atom is 0.292 e. The first-order valence-electron chi connectivity index (χ1n) is 8.84. The van der Waals surface area contributed by atoms with E-state index in [1.807, 2.05) is 13.8 Å². The van der Waals surface area contributed by atoms with Crippen LogP contribution in [-0.4, -0.2) is 9.85 Å². The predicted octanol–water partition coefficient (Wildman–Crippen LogP) is 4.95. The highest BCUT2D eigenvalue weighted by Crippen LogP contribution is 2.53. The van der Waals surface area contributed by atoms with Crippen molar-refractivity contribution in [3.8, 4) is 0 Å². The fraction of sp³-hybridized carbons (Fsp3) is 0.300. The van der Waals surface area contributed by atoms with Crippen LogP contribution in [0.3, 0.4) is 0 Å². The zero-order valence-corrected chi connectivity index (χ0v) is 15.0. The quantitative estimate of drug-likeness (QED) is 0.471. The van der Waals surface area contributed by atoms with Crippen molar-refractivity contribution in [3.05, 3.63) is 85.0 Å². The van der Waals surface area contributed by atoms with Gasteiger partial charge in [-0.3, -0.25) is 20.2 Å². The molecule has 0 saturated carbocycles. The molecule has 2 aromatic carbocycles. The molecule has 1 aliphatic carbocycles. The number of anilines is 1. The zero-order chi connectivity index (χ0) is 19.3. The smallest absolute Gasteiger partial charge is 0.292 e. The van der Waals surface area contributed by atoms with Crippen LogP contribution >= 0.6 is 0 Å². The van der Waals surface area contributed by atoms with E-state index in [-0.39, 0.29) is 34.2 Å². The molecule has 0 radical (unpaired) electrons. The maximum absolute atomic E-state index is 11.7. The zero-order valence-electron chi connectivity index (χ0n) is 15.0. The highest BCUT2D eigenvalue weighted by Gasteiger charge is 2.41. The van der Waals surface area contributed by atoms with Crippen molar-refractivity contribution in [1.29, 1.82) is 0 Å². The highest BCUT2D eigenvalue weighted by molar-refractivity contribution is 5.74. The minimum absolute atomic E-state index is 0.0357. The molecule has 0 aromatic heterocycles. The van der Waals surface area contributed by atoms with Gasteiger partial charge >= 0.3 is 0 Å². The van der Waals surface area contributed by atoms with Gasteiger partial charge in [0.1, 0.15) is 5.69 Å². The van der Waals surface area contributed by atoms with Gasteiger partial charge in [0.15, 0.2) is 0 Å².